The van der Waals surface area contributed by atoms with E-state index in [1.54, 1.807) is 0 Å². The minimum atomic E-state index is 0.924. The van der Waals surface area contributed by atoms with Crippen molar-refractivity contribution in [3.8, 4) is 34.6 Å². The van der Waals surface area contributed by atoms with Crippen LogP contribution in [0.4, 0.5) is 0 Å². The molecule has 0 radical (unpaired) electrons. The molecule has 0 unspecified atom stereocenters. The summed E-state index contributed by atoms with van der Waals surface area (Å²) in [4.78, 5) is 0. The summed E-state index contributed by atoms with van der Waals surface area (Å²) in [6, 6.07) is 30.4. The first kappa shape index (κ1) is 19.2. The van der Waals surface area contributed by atoms with Gasteiger partial charge in [-0.3, -0.25) is 0 Å². The third-order valence-corrected chi connectivity index (χ3v) is 6.21. The van der Waals surface area contributed by atoms with Crippen molar-refractivity contribution in [2.24, 2.45) is 0 Å². The first-order chi connectivity index (χ1) is 15.1. The zero-order valence-corrected chi connectivity index (χ0v) is 18.2. The standard InChI is InChI=1S/C31H24/c1-5-23-11-6-8-13-25(23)27-15-10-16-28-29(27)19-24-12-7-9-14-26(24)31(28)30-21(3)17-20(2)18-22(30)4/h1,6-19H,2-4H3. The van der Waals surface area contributed by atoms with Gasteiger partial charge in [-0.1, -0.05) is 84.3 Å². The Morgan fingerprint density at radius 2 is 1.23 bits per heavy atom. The molecular weight excluding hydrogens is 372 g/mol. The van der Waals surface area contributed by atoms with E-state index in [1.807, 2.05) is 12.1 Å². The molecule has 148 valence electrons. The van der Waals surface area contributed by atoms with Crippen LogP contribution in [-0.4, -0.2) is 0 Å². The molecule has 0 amide bonds. The Kier molecular flexibility index (Phi) is 4.61. The van der Waals surface area contributed by atoms with Crippen LogP contribution in [0.3, 0.4) is 0 Å². The maximum absolute atomic E-state index is 5.85. The third kappa shape index (κ3) is 3.11. The highest BCUT2D eigenvalue weighted by Gasteiger charge is 2.17. The Morgan fingerprint density at radius 3 is 2.00 bits per heavy atom. The van der Waals surface area contributed by atoms with Crippen LogP contribution in [0.2, 0.25) is 0 Å². The molecule has 0 heterocycles. The molecule has 0 aliphatic heterocycles. The average Bonchev–Trinajstić information content (AvgIpc) is 2.77. The third-order valence-electron chi connectivity index (χ3n) is 6.21. The summed E-state index contributed by atoms with van der Waals surface area (Å²) in [6.45, 7) is 6.61. The van der Waals surface area contributed by atoms with Gasteiger partial charge in [-0.05, 0) is 87.8 Å². The molecule has 0 atom stereocenters. The van der Waals surface area contributed by atoms with E-state index in [4.69, 9.17) is 6.42 Å². The molecule has 5 aromatic rings. The first-order valence-electron chi connectivity index (χ1n) is 10.7. The fraction of sp³-hybridized carbons (Fsp3) is 0.0968. The van der Waals surface area contributed by atoms with Gasteiger partial charge in [-0.15, -0.1) is 6.42 Å². The van der Waals surface area contributed by atoms with Gasteiger partial charge in [0.05, 0.1) is 0 Å². The van der Waals surface area contributed by atoms with Gasteiger partial charge in [0.15, 0.2) is 0 Å². The predicted octanol–water partition coefficient (Wildman–Crippen LogP) is 8.23. The van der Waals surface area contributed by atoms with Crippen molar-refractivity contribution < 1.29 is 0 Å². The van der Waals surface area contributed by atoms with Gasteiger partial charge in [0.25, 0.3) is 0 Å². The number of aryl methyl sites for hydroxylation is 3. The summed E-state index contributed by atoms with van der Waals surface area (Å²) >= 11 is 0. The molecule has 0 fully saturated rings. The van der Waals surface area contributed by atoms with Crippen molar-refractivity contribution in [1.29, 1.82) is 0 Å². The molecule has 0 saturated heterocycles. The summed E-state index contributed by atoms with van der Waals surface area (Å²) in [6.07, 6.45) is 5.85. The number of terminal acetylenes is 1. The van der Waals surface area contributed by atoms with E-state index < -0.39 is 0 Å². The van der Waals surface area contributed by atoms with Crippen molar-refractivity contribution in [1.82, 2.24) is 0 Å². The largest absolute Gasteiger partial charge is 0.115 e. The Labute approximate surface area is 184 Å². The van der Waals surface area contributed by atoms with Crippen LogP contribution in [0.5, 0.6) is 0 Å². The van der Waals surface area contributed by atoms with Crippen molar-refractivity contribution >= 4 is 21.5 Å². The summed E-state index contributed by atoms with van der Waals surface area (Å²) in [5, 5.41) is 5.03. The van der Waals surface area contributed by atoms with Gasteiger partial charge in [-0.2, -0.15) is 0 Å². The van der Waals surface area contributed by atoms with E-state index in [0.717, 1.165) is 11.1 Å². The van der Waals surface area contributed by atoms with E-state index >= 15 is 0 Å². The topological polar surface area (TPSA) is 0 Å². The fourth-order valence-corrected chi connectivity index (χ4v) is 5.01. The Balaban J connectivity index is 1.98. The van der Waals surface area contributed by atoms with Gasteiger partial charge >= 0.3 is 0 Å². The molecule has 0 saturated carbocycles. The number of benzene rings is 5. The second kappa shape index (κ2) is 7.46. The first-order valence-corrected chi connectivity index (χ1v) is 10.7. The lowest BCUT2D eigenvalue weighted by molar-refractivity contribution is 1.33. The Morgan fingerprint density at radius 1 is 0.581 bits per heavy atom. The predicted molar refractivity (Wildman–Crippen MR) is 134 cm³/mol. The SMILES string of the molecule is C#Cc1ccccc1-c1cccc2c(-c3c(C)cc(C)cc3C)c3ccccc3cc12. The van der Waals surface area contributed by atoms with Crippen LogP contribution in [0.25, 0.3) is 43.8 Å². The molecule has 0 nitrogen and oxygen atoms in total. The fourth-order valence-electron chi connectivity index (χ4n) is 5.01. The molecule has 0 bridgehead atoms. The normalized spacial score (nSPS) is 11.0. The molecule has 0 spiro atoms. The number of hydrogen-bond donors (Lipinski definition) is 0. The summed E-state index contributed by atoms with van der Waals surface area (Å²) < 4.78 is 0. The van der Waals surface area contributed by atoms with E-state index in [1.165, 1.54) is 54.9 Å². The second-order valence-electron chi connectivity index (χ2n) is 8.34. The molecule has 0 N–H and O–H groups in total. The van der Waals surface area contributed by atoms with Gasteiger partial charge in [0, 0.05) is 5.56 Å². The van der Waals surface area contributed by atoms with Crippen molar-refractivity contribution in [2.75, 3.05) is 0 Å². The highest BCUT2D eigenvalue weighted by Crippen LogP contribution is 2.42. The number of hydrogen-bond acceptors (Lipinski definition) is 0. The van der Waals surface area contributed by atoms with Crippen molar-refractivity contribution in [2.45, 2.75) is 20.8 Å². The molecule has 31 heavy (non-hydrogen) atoms. The number of fused-ring (bicyclic) bond motifs is 2. The molecule has 0 aliphatic rings. The number of rotatable bonds is 2. The highest BCUT2D eigenvalue weighted by atomic mass is 14.2. The average molecular weight is 397 g/mol. The lowest BCUT2D eigenvalue weighted by atomic mass is 9.84. The lowest BCUT2D eigenvalue weighted by Gasteiger charge is -2.19. The molecule has 0 heteroatoms. The molecule has 0 aliphatic carbocycles. The summed E-state index contributed by atoms with van der Waals surface area (Å²) in [5.41, 5.74) is 9.76. The molecular formula is C31H24. The smallest absolute Gasteiger partial charge is 0.0321 e. The van der Waals surface area contributed by atoms with Crippen LogP contribution >= 0.6 is 0 Å². The molecule has 5 aromatic carbocycles. The van der Waals surface area contributed by atoms with Gasteiger partial charge in [-0.25, -0.2) is 0 Å². The zero-order valence-electron chi connectivity index (χ0n) is 18.2. The van der Waals surface area contributed by atoms with Crippen molar-refractivity contribution in [3.05, 3.63) is 107 Å². The zero-order chi connectivity index (χ0) is 21.5. The van der Waals surface area contributed by atoms with Gasteiger partial charge < -0.3 is 0 Å². The van der Waals surface area contributed by atoms with E-state index in [9.17, 15) is 0 Å². The minimum absolute atomic E-state index is 0.924. The van der Waals surface area contributed by atoms with Crippen LogP contribution in [-0.2, 0) is 0 Å². The summed E-state index contributed by atoms with van der Waals surface area (Å²) in [5.74, 6) is 2.87. The second-order valence-corrected chi connectivity index (χ2v) is 8.34. The maximum Gasteiger partial charge on any atom is 0.0321 e. The van der Waals surface area contributed by atoms with E-state index in [-0.39, 0.29) is 0 Å². The van der Waals surface area contributed by atoms with E-state index in [0.29, 0.717) is 0 Å². The Hall–Kier alpha value is -3.82. The monoisotopic (exact) mass is 396 g/mol. The van der Waals surface area contributed by atoms with E-state index in [2.05, 4.69) is 99.5 Å². The van der Waals surface area contributed by atoms with Gasteiger partial charge in [0.2, 0.25) is 0 Å². The lowest BCUT2D eigenvalue weighted by Crippen LogP contribution is -1.94. The van der Waals surface area contributed by atoms with Crippen LogP contribution in [0, 0.1) is 33.1 Å². The quantitative estimate of drug-likeness (QED) is 0.208. The summed E-state index contributed by atoms with van der Waals surface area (Å²) in [7, 11) is 0. The van der Waals surface area contributed by atoms with Gasteiger partial charge in [0.1, 0.15) is 0 Å². The maximum atomic E-state index is 5.85. The van der Waals surface area contributed by atoms with Crippen molar-refractivity contribution in [3.63, 3.8) is 0 Å². The van der Waals surface area contributed by atoms with Crippen LogP contribution < -0.4 is 0 Å². The minimum Gasteiger partial charge on any atom is -0.115 e. The van der Waals surface area contributed by atoms with Crippen LogP contribution in [0.15, 0.2) is 84.9 Å². The highest BCUT2D eigenvalue weighted by molar-refractivity contribution is 6.17. The Bertz CT molecular complexity index is 1490. The van der Waals surface area contributed by atoms with Crippen LogP contribution in [0.1, 0.15) is 22.3 Å². The molecule has 0 aromatic heterocycles. The molecule has 5 rings (SSSR count).